The zero-order valence-corrected chi connectivity index (χ0v) is 10.1. The van der Waals surface area contributed by atoms with Crippen LogP contribution in [0.2, 0.25) is 0 Å². The summed E-state index contributed by atoms with van der Waals surface area (Å²) in [5.74, 6) is -1.58. The van der Waals surface area contributed by atoms with Gasteiger partial charge in [0.25, 0.3) is 5.78 Å². The average molecular weight is 278 g/mol. The maximum atomic E-state index is 12.5. The van der Waals surface area contributed by atoms with Crippen molar-refractivity contribution in [1.29, 1.82) is 0 Å². The summed E-state index contributed by atoms with van der Waals surface area (Å²) < 4.78 is 42.7. The number of alkyl halides is 3. The number of ether oxygens (including phenoxy) is 1. The van der Waals surface area contributed by atoms with Gasteiger partial charge in [-0.15, -0.1) is 0 Å². The molecule has 1 aliphatic heterocycles. The molecule has 2 nitrogen and oxygen atoms in total. The molecule has 2 aromatic carbocycles. The van der Waals surface area contributed by atoms with Crippen molar-refractivity contribution < 1.29 is 22.7 Å². The van der Waals surface area contributed by atoms with Gasteiger partial charge in [-0.25, -0.2) is 0 Å². The fourth-order valence-corrected chi connectivity index (χ4v) is 2.18. The highest BCUT2D eigenvalue weighted by Crippen LogP contribution is 2.35. The molecule has 0 N–H and O–H groups in total. The van der Waals surface area contributed by atoms with Gasteiger partial charge in [-0.05, 0) is 11.5 Å². The van der Waals surface area contributed by atoms with Crippen molar-refractivity contribution in [2.45, 2.75) is 12.3 Å². The second kappa shape index (κ2) is 4.37. The van der Waals surface area contributed by atoms with Gasteiger partial charge in [0.15, 0.2) is 6.10 Å². The summed E-state index contributed by atoms with van der Waals surface area (Å²) in [6.07, 6.45) is -3.91. The van der Waals surface area contributed by atoms with Crippen molar-refractivity contribution in [3.05, 3.63) is 48.0 Å². The molecule has 3 rings (SSSR count). The smallest absolute Gasteiger partial charge is 0.454 e. The van der Waals surface area contributed by atoms with Crippen molar-refractivity contribution >= 4 is 22.6 Å². The van der Waals surface area contributed by atoms with Crippen LogP contribution in [0.25, 0.3) is 16.8 Å². The molecule has 1 unspecified atom stereocenters. The van der Waals surface area contributed by atoms with E-state index in [-0.39, 0.29) is 0 Å². The van der Waals surface area contributed by atoms with E-state index in [2.05, 4.69) is 0 Å². The second-order valence-electron chi connectivity index (χ2n) is 4.46. The number of hydrogen-bond donors (Lipinski definition) is 0. The van der Waals surface area contributed by atoms with E-state index < -0.39 is 18.1 Å². The molecule has 0 bridgehead atoms. The van der Waals surface area contributed by atoms with Gasteiger partial charge >= 0.3 is 6.18 Å². The lowest BCUT2D eigenvalue weighted by Crippen LogP contribution is -2.37. The summed E-state index contributed by atoms with van der Waals surface area (Å²) >= 11 is 0. The van der Waals surface area contributed by atoms with Gasteiger partial charge in [0.2, 0.25) is 0 Å². The minimum Gasteiger partial charge on any atom is -0.477 e. The van der Waals surface area contributed by atoms with Crippen LogP contribution in [0.15, 0.2) is 42.5 Å². The van der Waals surface area contributed by atoms with Crippen molar-refractivity contribution in [3.63, 3.8) is 0 Å². The number of rotatable bonds is 1. The fourth-order valence-electron chi connectivity index (χ4n) is 2.18. The molecule has 0 aliphatic carbocycles. The summed E-state index contributed by atoms with van der Waals surface area (Å²) in [6.45, 7) is 0. The number of halogens is 3. The van der Waals surface area contributed by atoms with Crippen LogP contribution in [0, 0.1) is 0 Å². The van der Waals surface area contributed by atoms with Gasteiger partial charge in [0.05, 0.1) is 0 Å². The highest BCUT2D eigenvalue weighted by Gasteiger charge is 2.44. The van der Waals surface area contributed by atoms with E-state index in [0.717, 1.165) is 11.5 Å². The van der Waals surface area contributed by atoms with E-state index in [9.17, 15) is 18.0 Å². The van der Waals surface area contributed by atoms with E-state index in [4.69, 9.17) is 4.74 Å². The number of benzene rings is 2. The minimum atomic E-state index is -4.91. The third kappa shape index (κ3) is 2.05. The molecule has 102 valence electrons. The van der Waals surface area contributed by atoms with Crippen LogP contribution in [-0.2, 0) is 4.79 Å². The Balaban J connectivity index is 2.06. The van der Waals surface area contributed by atoms with Crippen molar-refractivity contribution in [1.82, 2.24) is 0 Å². The van der Waals surface area contributed by atoms with Gasteiger partial charge in [0, 0.05) is 10.9 Å². The first-order valence-electron chi connectivity index (χ1n) is 5.94. The van der Waals surface area contributed by atoms with E-state index in [1.165, 1.54) is 6.08 Å². The monoisotopic (exact) mass is 278 g/mol. The normalized spacial score (nSPS) is 17.6. The van der Waals surface area contributed by atoms with Crippen LogP contribution >= 0.6 is 0 Å². The number of carbonyl (C=O) groups excluding carboxylic acids is 1. The molecule has 0 spiro atoms. The molecule has 0 aromatic heterocycles. The van der Waals surface area contributed by atoms with Gasteiger partial charge < -0.3 is 4.74 Å². The SMILES string of the molecule is O=C(C1C=Cc2ccc3ccccc3c2O1)C(F)(F)F. The quantitative estimate of drug-likeness (QED) is 0.794. The molecule has 0 amide bonds. The van der Waals surface area contributed by atoms with E-state index >= 15 is 0 Å². The third-order valence-corrected chi connectivity index (χ3v) is 3.14. The number of Topliss-reactive ketones (excluding diaryl/α,β-unsaturated/α-hetero) is 1. The Morgan fingerprint density at radius 2 is 1.85 bits per heavy atom. The molecule has 1 heterocycles. The first kappa shape index (κ1) is 12.7. The summed E-state index contributed by atoms with van der Waals surface area (Å²) in [4.78, 5) is 11.3. The molecule has 1 aliphatic rings. The lowest BCUT2D eigenvalue weighted by atomic mass is 10.0. The zero-order chi connectivity index (χ0) is 14.3. The van der Waals surface area contributed by atoms with Crippen LogP contribution < -0.4 is 4.74 Å². The molecular formula is C15H9F3O2. The molecule has 0 fully saturated rings. The zero-order valence-electron chi connectivity index (χ0n) is 10.1. The number of hydrogen-bond acceptors (Lipinski definition) is 2. The number of fused-ring (bicyclic) bond motifs is 3. The number of ketones is 1. The first-order valence-corrected chi connectivity index (χ1v) is 5.94. The van der Waals surface area contributed by atoms with Crippen LogP contribution in [0.3, 0.4) is 0 Å². The predicted octanol–water partition coefficient (Wildman–Crippen LogP) is 3.75. The van der Waals surface area contributed by atoms with Crippen LogP contribution in [-0.4, -0.2) is 18.1 Å². The first-order chi connectivity index (χ1) is 9.47. The Morgan fingerprint density at radius 3 is 2.60 bits per heavy atom. The third-order valence-electron chi connectivity index (χ3n) is 3.14. The maximum absolute atomic E-state index is 12.5. The van der Waals surface area contributed by atoms with E-state index in [1.807, 2.05) is 18.2 Å². The summed E-state index contributed by atoms with van der Waals surface area (Å²) in [5, 5.41) is 1.54. The molecular weight excluding hydrogens is 269 g/mol. The van der Waals surface area contributed by atoms with E-state index in [0.29, 0.717) is 16.7 Å². The Bertz CT molecular complexity index is 717. The van der Waals surface area contributed by atoms with E-state index in [1.54, 1.807) is 18.2 Å². The Hall–Kier alpha value is -2.30. The maximum Gasteiger partial charge on any atom is 0.454 e. The lowest BCUT2D eigenvalue weighted by molar-refractivity contribution is -0.176. The molecule has 1 atom stereocenters. The Kier molecular flexibility index (Phi) is 2.78. The van der Waals surface area contributed by atoms with Crippen LogP contribution in [0.4, 0.5) is 13.2 Å². The molecule has 2 aromatic rings. The molecule has 0 saturated heterocycles. The highest BCUT2D eigenvalue weighted by molar-refractivity contribution is 5.96. The van der Waals surface area contributed by atoms with Gasteiger partial charge in [-0.3, -0.25) is 4.79 Å². The van der Waals surface area contributed by atoms with Crippen LogP contribution in [0.5, 0.6) is 5.75 Å². The predicted molar refractivity (Wildman–Crippen MR) is 68.5 cm³/mol. The minimum absolute atomic E-state index is 0.313. The molecule has 0 radical (unpaired) electrons. The second-order valence-corrected chi connectivity index (χ2v) is 4.46. The van der Waals surface area contributed by atoms with Gasteiger partial charge in [-0.1, -0.05) is 42.5 Å². The topological polar surface area (TPSA) is 26.3 Å². The largest absolute Gasteiger partial charge is 0.477 e. The fraction of sp³-hybridized carbons (Fsp3) is 0.133. The standard InChI is InChI=1S/C15H9F3O2/c16-15(17,18)14(19)12-8-7-10-6-5-9-3-1-2-4-11(9)13(10)20-12/h1-8,12H. The van der Waals surface area contributed by atoms with Crippen molar-refractivity contribution in [2.24, 2.45) is 0 Å². The summed E-state index contributed by atoms with van der Waals surface area (Å²) in [7, 11) is 0. The summed E-state index contributed by atoms with van der Waals surface area (Å²) in [5.41, 5.74) is 0.662. The van der Waals surface area contributed by atoms with Crippen molar-refractivity contribution in [2.75, 3.05) is 0 Å². The highest BCUT2D eigenvalue weighted by atomic mass is 19.4. The Morgan fingerprint density at radius 1 is 1.10 bits per heavy atom. The average Bonchev–Trinajstić information content (AvgIpc) is 2.45. The van der Waals surface area contributed by atoms with Gasteiger partial charge in [0.1, 0.15) is 5.75 Å². The summed E-state index contributed by atoms with van der Waals surface area (Å²) in [6, 6.07) is 10.8. The lowest BCUT2D eigenvalue weighted by Gasteiger charge is -2.22. The Labute approximate surface area is 112 Å². The van der Waals surface area contributed by atoms with Crippen LogP contribution in [0.1, 0.15) is 5.56 Å². The molecule has 5 heteroatoms. The molecule has 0 saturated carbocycles. The van der Waals surface area contributed by atoms with Gasteiger partial charge in [-0.2, -0.15) is 13.2 Å². The molecule has 20 heavy (non-hydrogen) atoms. The number of carbonyl (C=O) groups is 1. The van der Waals surface area contributed by atoms with Crippen molar-refractivity contribution in [3.8, 4) is 5.75 Å².